The molecule has 86 valence electrons. The lowest BCUT2D eigenvalue weighted by Crippen LogP contribution is -2.12. The zero-order valence-electron chi connectivity index (χ0n) is 9.36. The molecule has 0 saturated heterocycles. The van der Waals surface area contributed by atoms with E-state index >= 15 is 0 Å². The highest BCUT2D eigenvalue weighted by atomic mass is 16.1. The van der Waals surface area contributed by atoms with Gasteiger partial charge in [-0.05, 0) is 25.1 Å². The first-order chi connectivity index (χ1) is 8.19. The van der Waals surface area contributed by atoms with Gasteiger partial charge in [0.2, 0.25) is 0 Å². The van der Waals surface area contributed by atoms with Gasteiger partial charge in [-0.25, -0.2) is 0 Å². The summed E-state index contributed by atoms with van der Waals surface area (Å²) >= 11 is 0. The van der Waals surface area contributed by atoms with E-state index in [0.717, 1.165) is 11.3 Å². The zero-order chi connectivity index (χ0) is 12.3. The fraction of sp³-hybridized carbons (Fsp3) is 0.0769. The number of benzene rings is 1. The number of anilines is 1. The number of aromatic nitrogens is 1. The van der Waals surface area contributed by atoms with E-state index in [4.69, 9.17) is 0 Å². The Hall–Kier alpha value is -2.36. The molecule has 0 aliphatic carbocycles. The van der Waals surface area contributed by atoms with Crippen molar-refractivity contribution in [3.8, 4) is 0 Å². The van der Waals surface area contributed by atoms with Crippen molar-refractivity contribution in [3.05, 3.63) is 53.3 Å². The molecule has 2 N–H and O–H groups in total. The number of nitrogens with one attached hydrogen (secondary N) is 2. The zero-order valence-corrected chi connectivity index (χ0v) is 9.36. The lowest BCUT2D eigenvalue weighted by Gasteiger charge is -2.03. The third kappa shape index (κ3) is 2.60. The van der Waals surface area contributed by atoms with E-state index in [0.29, 0.717) is 17.5 Å². The number of rotatable bonds is 3. The summed E-state index contributed by atoms with van der Waals surface area (Å²) in [6, 6.07) is 9.01. The average Bonchev–Trinajstić information content (AvgIpc) is 2.81. The molecule has 17 heavy (non-hydrogen) atoms. The number of hydrogen-bond acceptors (Lipinski definition) is 2. The van der Waals surface area contributed by atoms with Gasteiger partial charge in [0, 0.05) is 17.4 Å². The van der Waals surface area contributed by atoms with Crippen LogP contribution in [0.5, 0.6) is 0 Å². The summed E-state index contributed by atoms with van der Waals surface area (Å²) in [5.74, 6) is -0.262. The van der Waals surface area contributed by atoms with Crippen LogP contribution in [0.4, 0.5) is 5.69 Å². The Labute approximate surface area is 98.7 Å². The summed E-state index contributed by atoms with van der Waals surface area (Å²) in [6.07, 6.45) is 2.19. The van der Waals surface area contributed by atoms with E-state index in [1.165, 1.54) is 12.3 Å². The van der Waals surface area contributed by atoms with E-state index in [2.05, 4.69) is 10.3 Å². The van der Waals surface area contributed by atoms with Gasteiger partial charge in [-0.15, -0.1) is 0 Å². The monoisotopic (exact) mass is 228 g/mol. The molecular weight excluding hydrogens is 216 g/mol. The summed E-state index contributed by atoms with van der Waals surface area (Å²) in [7, 11) is 0. The molecule has 0 fully saturated rings. The van der Waals surface area contributed by atoms with Crippen LogP contribution in [0.25, 0.3) is 0 Å². The predicted molar refractivity (Wildman–Crippen MR) is 65.3 cm³/mol. The van der Waals surface area contributed by atoms with Crippen LogP contribution < -0.4 is 5.32 Å². The Morgan fingerprint density at radius 3 is 2.59 bits per heavy atom. The van der Waals surface area contributed by atoms with Crippen molar-refractivity contribution in [2.75, 3.05) is 5.32 Å². The van der Waals surface area contributed by atoms with Crippen molar-refractivity contribution in [2.24, 2.45) is 0 Å². The number of carbonyl (C=O) groups is 2. The van der Waals surface area contributed by atoms with Gasteiger partial charge in [0.1, 0.15) is 5.69 Å². The third-order valence-corrected chi connectivity index (χ3v) is 2.40. The van der Waals surface area contributed by atoms with Crippen LogP contribution in [0, 0.1) is 6.92 Å². The SMILES string of the molecule is Cc1ccc(NC(=O)c2cc(C=O)c[nH]2)cc1. The molecule has 0 spiro atoms. The van der Waals surface area contributed by atoms with Crippen LogP contribution in [0.1, 0.15) is 26.4 Å². The number of amides is 1. The first-order valence-corrected chi connectivity index (χ1v) is 5.20. The van der Waals surface area contributed by atoms with Gasteiger partial charge in [0.15, 0.2) is 6.29 Å². The fourth-order valence-electron chi connectivity index (χ4n) is 1.45. The maximum absolute atomic E-state index is 11.8. The molecule has 0 radical (unpaired) electrons. The second-order valence-corrected chi connectivity index (χ2v) is 3.78. The second kappa shape index (κ2) is 4.65. The summed E-state index contributed by atoms with van der Waals surface area (Å²) in [6.45, 7) is 1.98. The Bertz CT molecular complexity index is 541. The van der Waals surface area contributed by atoms with Crippen LogP contribution in [0.15, 0.2) is 36.5 Å². The number of aldehydes is 1. The molecule has 0 saturated carbocycles. The van der Waals surface area contributed by atoms with Crippen LogP contribution in [-0.2, 0) is 0 Å². The highest BCUT2D eigenvalue weighted by molar-refractivity contribution is 6.03. The molecule has 0 atom stereocenters. The maximum Gasteiger partial charge on any atom is 0.272 e. The quantitative estimate of drug-likeness (QED) is 0.792. The number of aromatic amines is 1. The molecule has 1 aromatic carbocycles. The molecule has 4 nitrogen and oxygen atoms in total. The number of H-pyrrole nitrogens is 1. The molecule has 2 aromatic rings. The van der Waals surface area contributed by atoms with Gasteiger partial charge in [-0.3, -0.25) is 9.59 Å². The van der Waals surface area contributed by atoms with Crippen LogP contribution in [0.3, 0.4) is 0 Å². The second-order valence-electron chi connectivity index (χ2n) is 3.78. The normalized spacial score (nSPS) is 9.94. The minimum atomic E-state index is -0.262. The number of aryl methyl sites for hydroxylation is 1. The van der Waals surface area contributed by atoms with E-state index < -0.39 is 0 Å². The van der Waals surface area contributed by atoms with Crippen molar-refractivity contribution in [1.29, 1.82) is 0 Å². The van der Waals surface area contributed by atoms with E-state index in [9.17, 15) is 9.59 Å². The van der Waals surface area contributed by atoms with Gasteiger partial charge in [0.05, 0.1) is 0 Å². The highest BCUT2D eigenvalue weighted by Gasteiger charge is 2.08. The van der Waals surface area contributed by atoms with E-state index in [1.807, 2.05) is 31.2 Å². The van der Waals surface area contributed by atoms with Gasteiger partial charge < -0.3 is 10.3 Å². The Morgan fingerprint density at radius 1 is 1.29 bits per heavy atom. The molecule has 2 rings (SSSR count). The smallest absolute Gasteiger partial charge is 0.272 e. The third-order valence-electron chi connectivity index (χ3n) is 2.40. The lowest BCUT2D eigenvalue weighted by atomic mass is 10.2. The summed E-state index contributed by atoms with van der Waals surface area (Å²) in [5.41, 5.74) is 2.68. The van der Waals surface area contributed by atoms with Gasteiger partial charge in [-0.1, -0.05) is 17.7 Å². The van der Waals surface area contributed by atoms with Crippen LogP contribution in [-0.4, -0.2) is 17.2 Å². The standard InChI is InChI=1S/C13H12N2O2/c1-9-2-4-11(5-3-9)15-13(17)12-6-10(8-16)7-14-12/h2-8,14H,1H3,(H,15,17). The molecule has 0 aliphatic heterocycles. The van der Waals surface area contributed by atoms with Crippen molar-refractivity contribution in [2.45, 2.75) is 6.92 Å². The van der Waals surface area contributed by atoms with Gasteiger partial charge in [-0.2, -0.15) is 0 Å². The molecule has 1 aromatic heterocycles. The largest absolute Gasteiger partial charge is 0.356 e. The average molecular weight is 228 g/mol. The molecule has 1 heterocycles. The minimum Gasteiger partial charge on any atom is -0.356 e. The molecule has 0 aliphatic rings. The first kappa shape index (κ1) is 11.1. The molecular formula is C13H12N2O2. The van der Waals surface area contributed by atoms with Crippen molar-refractivity contribution in [3.63, 3.8) is 0 Å². The Balaban J connectivity index is 2.11. The summed E-state index contributed by atoms with van der Waals surface area (Å²) in [4.78, 5) is 25.0. The Morgan fingerprint density at radius 2 is 2.00 bits per heavy atom. The van der Waals surface area contributed by atoms with Gasteiger partial charge >= 0.3 is 0 Å². The van der Waals surface area contributed by atoms with Gasteiger partial charge in [0.25, 0.3) is 5.91 Å². The van der Waals surface area contributed by atoms with E-state index in [-0.39, 0.29) is 5.91 Å². The Kier molecular flexibility index (Phi) is 3.05. The summed E-state index contributed by atoms with van der Waals surface area (Å²) < 4.78 is 0. The van der Waals surface area contributed by atoms with Crippen molar-refractivity contribution < 1.29 is 9.59 Å². The predicted octanol–water partition coefficient (Wildman–Crippen LogP) is 2.39. The van der Waals surface area contributed by atoms with Crippen LogP contribution in [0.2, 0.25) is 0 Å². The number of hydrogen-bond donors (Lipinski definition) is 2. The lowest BCUT2D eigenvalue weighted by molar-refractivity contribution is 0.102. The molecule has 0 bridgehead atoms. The van der Waals surface area contributed by atoms with E-state index in [1.54, 1.807) is 0 Å². The maximum atomic E-state index is 11.8. The molecule has 4 heteroatoms. The van der Waals surface area contributed by atoms with Crippen molar-refractivity contribution in [1.82, 2.24) is 4.98 Å². The van der Waals surface area contributed by atoms with Crippen molar-refractivity contribution >= 4 is 17.9 Å². The number of carbonyl (C=O) groups excluding carboxylic acids is 2. The molecule has 1 amide bonds. The summed E-state index contributed by atoms with van der Waals surface area (Å²) in [5, 5.41) is 2.74. The van der Waals surface area contributed by atoms with Crippen LogP contribution >= 0.6 is 0 Å². The first-order valence-electron chi connectivity index (χ1n) is 5.20. The minimum absolute atomic E-state index is 0.262. The fourth-order valence-corrected chi connectivity index (χ4v) is 1.45. The topological polar surface area (TPSA) is 62.0 Å². The molecule has 0 unspecified atom stereocenters. The highest BCUT2D eigenvalue weighted by Crippen LogP contribution is 2.10.